The van der Waals surface area contributed by atoms with Crippen LogP contribution in [0, 0.1) is 40.4 Å². The zero-order valence-electron chi connectivity index (χ0n) is 26.8. The van der Waals surface area contributed by atoms with Gasteiger partial charge < -0.3 is 24.1 Å². The third kappa shape index (κ3) is 4.92. The molecule has 3 saturated carbocycles. The van der Waals surface area contributed by atoms with Crippen LogP contribution in [0.5, 0.6) is 0 Å². The van der Waals surface area contributed by atoms with Crippen molar-refractivity contribution in [2.45, 2.75) is 111 Å². The number of esters is 4. The Balaban J connectivity index is 1.44. The number of allylic oxidation sites excluding steroid dienone is 1. The molecule has 3 fully saturated rings. The fourth-order valence-corrected chi connectivity index (χ4v) is 10.1. The Labute approximate surface area is 258 Å². The van der Waals surface area contributed by atoms with E-state index in [9.17, 15) is 29.1 Å². The highest BCUT2D eigenvalue weighted by molar-refractivity contribution is 5.98. The van der Waals surface area contributed by atoms with Gasteiger partial charge in [-0.05, 0) is 93.1 Å². The van der Waals surface area contributed by atoms with Crippen LogP contribution in [-0.4, -0.2) is 65.3 Å². The zero-order chi connectivity index (χ0) is 32.4. The SMILES string of the molecule is CC(=O)OCC1=C(C)C[C@H]([C@@H](C)[C@H]2CC[C@H]3[C@@H]4C[C@H](OC(C)=O)[C@]5(O)[C@@H](OC(C)=O)C=CC(=O)[C@]5(C)[C@H]4CC[C@]23C)OC1=O. The average molecular weight is 615 g/mol. The standard InChI is InChI=1S/C34H46O10/c1-17-14-27(44-31(39)23(17)16-41-19(3)35)18(2)24-8-9-25-22-15-30(43-21(5)37)34(40)29(42-20(4)36)11-10-28(38)33(34,7)26(22)12-13-32(24,25)6/h10-11,18,22,24-27,29-30,40H,8-9,12-16H2,1-7H3/t18-,22-,24+,25-,26-,27+,29-,30-,32+,33-,34+/m0/s1. The summed E-state index contributed by atoms with van der Waals surface area (Å²) in [6.45, 7) is 11.8. The number of rotatable bonds is 6. The highest BCUT2D eigenvalue weighted by atomic mass is 16.6. The van der Waals surface area contributed by atoms with E-state index >= 15 is 0 Å². The first kappa shape index (κ1) is 32.4. The third-order valence-electron chi connectivity index (χ3n) is 12.2. The summed E-state index contributed by atoms with van der Waals surface area (Å²) in [5.74, 6) is -2.03. The molecule has 0 aromatic heterocycles. The first-order valence-electron chi connectivity index (χ1n) is 15.9. The van der Waals surface area contributed by atoms with Gasteiger partial charge in [0.25, 0.3) is 0 Å². The van der Waals surface area contributed by atoms with Crippen LogP contribution >= 0.6 is 0 Å². The molecular formula is C34H46O10. The molecule has 10 nitrogen and oxygen atoms in total. The van der Waals surface area contributed by atoms with Crippen LogP contribution in [0.4, 0.5) is 0 Å². The second-order valence-corrected chi connectivity index (χ2v) is 14.3. The van der Waals surface area contributed by atoms with E-state index in [2.05, 4.69) is 13.8 Å². The number of cyclic esters (lactones) is 1. The Kier molecular flexibility index (Phi) is 8.40. The lowest BCUT2D eigenvalue weighted by atomic mass is 9.42. The van der Waals surface area contributed by atoms with Crippen molar-refractivity contribution < 1.29 is 48.0 Å². The van der Waals surface area contributed by atoms with Gasteiger partial charge in [0, 0.05) is 27.2 Å². The maximum atomic E-state index is 13.8. The largest absolute Gasteiger partial charge is 0.461 e. The van der Waals surface area contributed by atoms with E-state index in [4.69, 9.17) is 18.9 Å². The van der Waals surface area contributed by atoms with Gasteiger partial charge in [0.1, 0.15) is 18.8 Å². The predicted octanol–water partition coefficient (Wildman–Crippen LogP) is 4.02. The molecule has 10 heteroatoms. The lowest BCUT2D eigenvalue weighted by Gasteiger charge is -2.64. The van der Waals surface area contributed by atoms with Gasteiger partial charge in [-0.2, -0.15) is 0 Å². The highest BCUT2D eigenvalue weighted by Crippen LogP contribution is 2.69. The van der Waals surface area contributed by atoms with Crippen molar-refractivity contribution in [3.63, 3.8) is 0 Å². The second-order valence-electron chi connectivity index (χ2n) is 14.3. The normalized spacial score (nSPS) is 42.0. The van der Waals surface area contributed by atoms with E-state index in [0.29, 0.717) is 24.8 Å². The van der Waals surface area contributed by atoms with E-state index in [1.54, 1.807) is 6.92 Å². The van der Waals surface area contributed by atoms with Gasteiger partial charge in [0.05, 0.1) is 11.0 Å². The lowest BCUT2D eigenvalue weighted by Crippen LogP contribution is -2.74. The number of carbonyl (C=O) groups is 5. The summed E-state index contributed by atoms with van der Waals surface area (Å²) < 4.78 is 22.4. The van der Waals surface area contributed by atoms with E-state index in [1.807, 2.05) is 6.92 Å². The Morgan fingerprint density at radius 2 is 1.70 bits per heavy atom. The van der Waals surface area contributed by atoms with Crippen LogP contribution in [0.1, 0.15) is 87.0 Å². The quantitative estimate of drug-likeness (QED) is 0.344. The highest BCUT2D eigenvalue weighted by Gasteiger charge is 2.73. The molecule has 1 N–H and O–H groups in total. The van der Waals surface area contributed by atoms with Gasteiger partial charge in [-0.25, -0.2) is 4.79 Å². The summed E-state index contributed by atoms with van der Waals surface area (Å²) in [6, 6.07) is 0. The molecular weight excluding hydrogens is 568 g/mol. The number of hydrogen-bond donors (Lipinski definition) is 1. The first-order valence-corrected chi connectivity index (χ1v) is 15.9. The van der Waals surface area contributed by atoms with Crippen LogP contribution < -0.4 is 0 Å². The number of aliphatic hydroxyl groups is 1. The van der Waals surface area contributed by atoms with Gasteiger partial charge >= 0.3 is 23.9 Å². The molecule has 0 radical (unpaired) electrons. The molecule has 0 spiro atoms. The lowest BCUT2D eigenvalue weighted by molar-refractivity contribution is -0.267. The maximum absolute atomic E-state index is 13.8. The molecule has 242 valence electrons. The topological polar surface area (TPSA) is 142 Å². The number of carbonyl (C=O) groups excluding carboxylic acids is 5. The zero-order valence-corrected chi connectivity index (χ0v) is 26.8. The van der Waals surface area contributed by atoms with Crippen LogP contribution in [-0.2, 0) is 42.9 Å². The van der Waals surface area contributed by atoms with Crippen molar-refractivity contribution in [1.29, 1.82) is 0 Å². The van der Waals surface area contributed by atoms with Crippen LogP contribution in [0.15, 0.2) is 23.3 Å². The van der Waals surface area contributed by atoms with Gasteiger partial charge in [-0.15, -0.1) is 0 Å². The van der Waals surface area contributed by atoms with Crippen molar-refractivity contribution in [3.8, 4) is 0 Å². The smallest absolute Gasteiger partial charge is 0.337 e. The average Bonchev–Trinajstić information content (AvgIpc) is 3.28. The van der Waals surface area contributed by atoms with E-state index in [0.717, 1.165) is 24.8 Å². The molecule has 0 aromatic rings. The summed E-state index contributed by atoms with van der Waals surface area (Å²) in [7, 11) is 0. The molecule has 4 aliphatic carbocycles. The Bertz CT molecular complexity index is 1310. The molecule has 0 bridgehead atoms. The molecule has 0 aromatic carbocycles. The van der Waals surface area contributed by atoms with Crippen molar-refractivity contribution in [2.75, 3.05) is 6.61 Å². The van der Waals surface area contributed by atoms with Crippen molar-refractivity contribution in [3.05, 3.63) is 23.3 Å². The third-order valence-corrected chi connectivity index (χ3v) is 12.2. The predicted molar refractivity (Wildman–Crippen MR) is 156 cm³/mol. The minimum Gasteiger partial charge on any atom is -0.461 e. The number of hydrogen-bond acceptors (Lipinski definition) is 10. The molecule has 1 heterocycles. The van der Waals surface area contributed by atoms with Crippen molar-refractivity contribution in [2.24, 2.45) is 40.4 Å². The summed E-state index contributed by atoms with van der Waals surface area (Å²) in [5.41, 5.74) is -2.08. The minimum atomic E-state index is -1.90. The fraction of sp³-hybridized carbons (Fsp3) is 0.735. The minimum absolute atomic E-state index is 0.0140. The number of ketones is 1. The van der Waals surface area contributed by atoms with Gasteiger partial charge in [-0.3, -0.25) is 19.2 Å². The van der Waals surface area contributed by atoms with E-state index in [1.165, 1.54) is 32.9 Å². The summed E-state index contributed by atoms with van der Waals surface area (Å²) in [5, 5.41) is 12.4. The van der Waals surface area contributed by atoms with E-state index < -0.39 is 47.1 Å². The fourth-order valence-electron chi connectivity index (χ4n) is 10.1. The van der Waals surface area contributed by atoms with Crippen molar-refractivity contribution in [1.82, 2.24) is 0 Å². The summed E-state index contributed by atoms with van der Waals surface area (Å²) in [6.07, 6.45) is 4.61. The van der Waals surface area contributed by atoms with Gasteiger partial charge in [-0.1, -0.05) is 19.4 Å². The van der Waals surface area contributed by atoms with Gasteiger partial charge in [0.15, 0.2) is 17.5 Å². The monoisotopic (exact) mass is 614 g/mol. The molecule has 0 unspecified atom stereocenters. The van der Waals surface area contributed by atoms with Crippen LogP contribution in [0.2, 0.25) is 0 Å². The second kappa shape index (κ2) is 11.4. The first-order chi connectivity index (χ1) is 20.5. The van der Waals surface area contributed by atoms with Crippen LogP contribution in [0.25, 0.3) is 0 Å². The summed E-state index contributed by atoms with van der Waals surface area (Å²) in [4.78, 5) is 62.4. The molecule has 11 atom stereocenters. The van der Waals surface area contributed by atoms with Gasteiger partial charge in [0.2, 0.25) is 0 Å². The molecule has 5 rings (SSSR count). The van der Waals surface area contributed by atoms with Crippen molar-refractivity contribution >= 4 is 29.7 Å². The maximum Gasteiger partial charge on any atom is 0.337 e. The molecule has 44 heavy (non-hydrogen) atoms. The summed E-state index contributed by atoms with van der Waals surface area (Å²) >= 11 is 0. The van der Waals surface area contributed by atoms with E-state index in [-0.39, 0.29) is 53.5 Å². The van der Waals surface area contributed by atoms with Crippen LogP contribution in [0.3, 0.4) is 0 Å². The Morgan fingerprint density at radius 3 is 2.32 bits per heavy atom. The Hall–Kier alpha value is -3.01. The number of fused-ring (bicyclic) bond motifs is 5. The molecule has 5 aliphatic rings. The Morgan fingerprint density at radius 1 is 1.02 bits per heavy atom. The molecule has 0 saturated heterocycles. The number of ether oxygens (including phenoxy) is 4. The molecule has 0 amide bonds. The molecule has 1 aliphatic heterocycles.